The van der Waals surface area contributed by atoms with Crippen LogP contribution in [0.4, 0.5) is 10.1 Å². The number of carbonyl (C=O) groups excluding carboxylic acids is 2. The van der Waals surface area contributed by atoms with Crippen LogP contribution < -0.4 is 10.6 Å². The van der Waals surface area contributed by atoms with Crippen LogP contribution in [0.3, 0.4) is 0 Å². The molecule has 0 aromatic heterocycles. The molecule has 2 amide bonds. The Kier molecular flexibility index (Phi) is 6.25. The SMILES string of the molecule is CC(C)c1ccccc1NC(=O)C(=O)NCC(O)c1ccc(F)cc1. The number of rotatable bonds is 5. The van der Waals surface area contributed by atoms with E-state index in [1.807, 2.05) is 26.0 Å². The van der Waals surface area contributed by atoms with E-state index in [4.69, 9.17) is 0 Å². The van der Waals surface area contributed by atoms with Crippen molar-refractivity contribution in [3.63, 3.8) is 0 Å². The van der Waals surface area contributed by atoms with E-state index in [1.54, 1.807) is 12.1 Å². The number of aliphatic hydroxyl groups is 1. The maximum atomic E-state index is 12.9. The molecule has 0 aliphatic heterocycles. The van der Waals surface area contributed by atoms with Gasteiger partial charge in [0.2, 0.25) is 0 Å². The van der Waals surface area contributed by atoms with E-state index in [1.165, 1.54) is 24.3 Å². The number of benzene rings is 2. The van der Waals surface area contributed by atoms with Gasteiger partial charge in [-0.25, -0.2) is 4.39 Å². The number of anilines is 1. The van der Waals surface area contributed by atoms with Gasteiger partial charge in [0.1, 0.15) is 5.82 Å². The summed E-state index contributed by atoms with van der Waals surface area (Å²) in [6.45, 7) is 3.83. The Hall–Kier alpha value is -2.73. The first-order chi connectivity index (χ1) is 11.9. The lowest BCUT2D eigenvalue weighted by Crippen LogP contribution is -2.37. The van der Waals surface area contributed by atoms with Crippen molar-refractivity contribution in [2.75, 3.05) is 11.9 Å². The fourth-order valence-corrected chi connectivity index (χ4v) is 2.37. The first-order valence-electron chi connectivity index (χ1n) is 8.00. The number of carbonyl (C=O) groups is 2. The lowest BCUT2D eigenvalue weighted by Gasteiger charge is -2.14. The third kappa shape index (κ3) is 5.12. The number of hydrogen-bond donors (Lipinski definition) is 3. The molecule has 2 aromatic rings. The third-order valence-corrected chi connectivity index (χ3v) is 3.75. The lowest BCUT2D eigenvalue weighted by molar-refractivity contribution is -0.136. The molecule has 6 heteroatoms. The summed E-state index contributed by atoms with van der Waals surface area (Å²) < 4.78 is 12.9. The Labute approximate surface area is 145 Å². The normalized spacial score (nSPS) is 11.9. The van der Waals surface area contributed by atoms with Crippen LogP contribution in [0.2, 0.25) is 0 Å². The van der Waals surface area contributed by atoms with Gasteiger partial charge in [-0.1, -0.05) is 44.2 Å². The van der Waals surface area contributed by atoms with Crippen LogP contribution in [0, 0.1) is 5.82 Å². The molecule has 1 unspecified atom stereocenters. The molecule has 0 radical (unpaired) electrons. The number of hydrogen-bond acceptors (Lipinski definition) is 3. The van der Waals surface area contributed by atoms with Gasteiger partial charge in [0.15, 0.2) is 0 Å². The van der Waals surface area contributed by atoms with Gasteiger partial charge in [-0.15, -0.1) is 0 Å². The minimum absolute atomic E-state index is 0.149. The highest BCUT2D eigenvalue weighted by Crippen LogP contribution is 2.23. The largest absolute Gasteiger partial charge is 0.387 e. The van der Waals surface area contributed by atoms with E-state index < -0.39 is 23.7 Å². The van der Waals surface area contributed by atoms with Crippen molar-refractivity contribution in [1.29, 1.82) is 0 Å². The van der Waals surface area contributed by atoms with Gasteiger partial charge >= 0.3 is 11.8 Å². The quantitative estimate of drug-likeness (QED) is 0.730. The highest BCUT2D eigenvalue weighted by atomic mass is 19.1. The van der Waals surface area contributed by atoms with Crippen LogP contribution in [0.5, 0.6) is 0 Å². The van der Waals surface area contributed by atoms with Gasteiger partial charge in [0, 0.05) is 12.2 Å². The molecule has 0 aliphatic carbocycles. The number of aliphatic hydroxyl groups excluding tert-OH is 1. The second kappa shape index (κ2) is 8.39. The highest BCUT2D eigenvalue weighted by Gasteiger charge is 2.17. The van der Waals surface area contributed by atoms with Gasteiger partial charge in [0.05, 0.1) is 6.10 Å². The first kappa shape index (κ1) is 18.6. The van der Waals surface area contributed by atoms with Crippen LogP contribution in [0.25, 0.3) is 0 Å². The topological polar surface area (TPSA) is 78.4 Å². The van der Waals surface area contributed by atoms with Gasteiger partial charge in [-0.2, -0.15) is 0 Å². The van der Waals surface area contributed by atoms with Gasteiger partial charge in [0.25, 0.3) is 0 Å². The molecule has 0 heterocycles. The van der Waals surface area contributed by atoms with Crippen molar-refractivity contribution < 1.29 is 19.1 Å². The number of amides is 2. The third-order valence-electron chi connectivity index (χ3n) is 3.75. The first-order valence-corrected chi connectivity index (χ1v) is 8.00. The maximum Gasteiger partial charge on any atom is 0.313 e. The molecule has 2 aromatic carbocycles. The molecule has 5 nitrogen and oxygen atoms in total. The molecule has 0 aliphatic rings. The molecule has 0 saturated heterocycles. The van der Waals surface area contributed by atoms with Crippen molar-refractivity contribution in [2.45, 2.75) is 25.9 Å². The van der Waals surface area contributed by atoms with E-state index in [0.29, 0.717) is 11.3 Å². The minimum Gasteiger partial charge on any atom is -0.387 e. The number of para-hydroxylation sites is 1. The summed E-state index contributed by atoms with van der Waals surface area (Å²) in [5, 5.41) is 14.9. The Morgan fingerprint density at radius 3 is 2.32 bits per heavy atom. The van der Waals surface area contributed by atoms with Crippen LogP contribution in [0.1, 0.15) is 37.0 Å². The average molecular weight is 344 g/mol. The molecule has 25 heavy (non-hydrogen) atoms. The number of halogens is 1. The van der Waals surface area contributed by atoms with Crippen molar-refractivity contribution in [3.8, 4) is 0 Å². The lowest BCUT2D eigenvalue weighted by atomic mass is 10.0. The zero-order valence-electron chi connectivity index (χ0n) is 14.1. The van der Waals surface area contributed by atoms with E-state index in [2.05, 4.69) is 10.6 Å². The average Bonchev–Trinajstić information content (AvgIpc) is 2.60. The van der Waals surface area contributed by atoms with Crippen LogP contribution in [-0.4, -0.2) is 23.5 Å². The zero-order valence-corrected chi connectivity index (χ0v) is 14.1. The Bertz CT molecular complexity index is 745. The van der Waals surface area contributed by atoms with E-state index in [0.717, 1.165) is 5.56 Å². The molecule has 2 rings (SSSR count). The van der Waals surface area contributed by atoms with Gasteiger partial charge in [-0.3, -0.25) is 9.59 Å². The van der Waals surface area contributed by atoms with E-state index >= 15 is 0 Å². The molecule has 0 saturated carbocycles. The van der Waals surface area contributed by atoms with Crippen LogP contribution in [0.15, 0.2) is 48.5 Å². The van der Waals surface area contributed by atoms with Crippen molar-refractivity contribution in [2.24, 2.45) is 0 Å². The summed E-state index contributed by atoms with van der Waals surface area (Å²) in [5.74, 6) is -1.87. The molecular weight excluding hydrogens is 323 g/mol. The molecular formula is C19H21FN2O3. The summed E-state index contributed by atoms with van der Waals surface area (Å²) in [4.78, 5) is 24.0. The van der Waals surface area contributed by atoms with Gasteiger partial charge in [-0.05, 0) is 35.2 Å². The fraction of sp³-hybridized carbons (Fsp3) is 0.263. The summed E-state index contributed by atoms with van der Waals surface area (Å²) in [6.07, 6.45) is -1.03. The standard InChI is InChI=1S/C19H21FN2O3/c1-12(2)15-5-3-4-6-16(15)22-19(25)18(24)21-11-17(23)13-7-9-14(20)10-8-13/h3-10,12,17,23H,11H2,1-2H3,(H,21,24)(H,22,25). The maximum absolute atomic E-state index is 12.9. The zero-order chi connectivity index (χ0) is 18.4. The second-order valence-corrected chi connectivity index (χ2v) is 5.97. The Balaban J connectivity index is 1.92. The molecule has 132 valence electrons. The summed E-state index contributed by atoms with van der Waals surface area (Å²) in [5.41, 5.74) is 1.96. The molecule has 0 bridgehead atoms. The minimum atomic E-state index is -1.03. The fourth-order valence-electron chi connectivity index (χ4n) is 2.37. The summed E-state index contributed by atoms with van der Waals surface area (Å²) in [6, 6.07) is 12.5. The number of nitrogens with one attached hydrogen (secondary N) is 2. The summed E-state index contributed by atoms with van der Waals surface area (Å²) >= 11 is 0. The molecule has 0 fully saturated rings. The molecule has 3 N–H and O–H groups in total. The van der Waals surface area contributed by atoms with E-state index in [9.17, 15) is 19.1 Å². The van der Waals surface area contributed by atoms with Crippen molar-refractivity contribution >= 4 is 17.5 Å². The van der Waals surface area contributed by atoms with Crippen LogP contribution >= 0.6 is 0 Å². The smallest absolute Gasteiger partial charge is 0.313 e. The van der Waals surface area contributed by atoms with Crippen LogP contribution in [-0.2, 0) is 9.59 Å². The Morgan fingerprint density at radius 1 is 1.04 bits per heavy atom. The predicted octanol–water partition coefficient (Wildman–Crippen LogP) is 2.74. The summed E-state index contributed by atoms with van der Waals surface area (Å²) in [7, 11) is 0. The highest BCUT2D eigenvalue weighted by molar-refractivity contribution is 6.39. The van der Waals surface area contributed by atoms with Crippen molar-refractivity contribution in [3.05, 3.63) is 65.5 Å². The Morgan fingerprint density at radius 2 is 1.68 bits per heavy atom. The monoisotopic (exact) mass is 344 g/mol. The molecule has 1 atom stereocenters. The predicted molar refractivity (Wildman–Crippen MR) is 93.5 cm³/mol. The molecule has 0 spiro atoms. The van der Waals surface area contributed by atoms with E-state index in [-0.39, 0.29) is 12.5 Å². The van der Waals surface area contributed by atoms with Gasteiger partial charge < -0.3 is 15.7 Å². The second-order valence-electron chi connectivity index (χ2n) is 5.97. The van der Waals surface area contributed by atoms with Crippen molar-refractivity contribution in [1.82, 2.24) is 5.32 Å².